The molecule has 1 aliphatic heterocycles. The van der Waals surface area contributed by atoms with Crippen molar-refractivity contribution in [1.82, 2.24) is 9.71 Å². The Kier molecular flexibility index (Phi) is 4.92. The van der Waals surface area contributed by atoms with Crippen LogP contribution in [0.25, 0.3) is 0 Å². The lowest BCUT2D eigenvalue weighted by Gasteiger charge is -2.33. The minimum absolute atomic E-state index is 0.136. The molecule has 116 valence electrons. The van der Waals surface area contributed by atoms with E-state index in [0.717, 1.165) is 5.56 Å². The first-order valence-corrected chi connectivity index (χ1v) is 8.30. The zero-order valence-corrected chi connectivity index (χ0v) is 12.3. The number of hydrogen-bond acceptors (Lipinski definition) is 5. The zero-order chi connectivity index (χ0) is 15.3. The summed E-state index contributed by atoms with van der Waals surface area (Å²) in [6.45, 7) is 0.471. The normalized spacial score (nSPS) is 18.3. The molecule has 1 saturated heterocycles. The SMILES string of the molecule is O=C(O)C1(NS(=O)(=O)CCc2ccncc2)CCOCC1. The van der Waals surface area contributed by atoms with E-state index in [2.05, 4.69) is 9.71 Å². The van der Waals surface area contributed by atoms with E-state index in [4.69, 9.17) is 4.74 Å². The first-order valence-electron chi connectivity index (χ1n) is 6.65. The number of carboxylic acid groups (broad SMARTS) is 1. The predicted molar refractivity (Wildman–Crippen MR) is 75.3 cm³/mol. The molecule has 0 amide bonds. The quantitative estimate of drug-likeness (QED) is 0.776. The van der Waals surface area contributed by atoms with Crippen molar-refractivity contribution in [2.24, 2.45) is 0 Å². The molecule has 1 aliphatic rings. The molecule has 1 fully saturated rings. The molecule has 8 heteroatoms. The minimum atomic E-state index is -3.69. The molecule has 1 aromatic rings. The van der Waals surface area contributed by atoms with Crippen LogP contribution in [0.2, 0.25) is 0 Å². The number of hydrogen-bond donors (Lipinski definition) is 2. The second-order valence-electron chi connectivity index (χ2n) is 5.03. The number of rotatable bonds is 6. The largest absolute Gasteiger partial charge is 0.480 e. The Morgan fingerprint density at radius 1 is 1.33 bits per heavy atom. The summed E-state index contributed by atoms with van der Waals surface area (Å²) in [6, 6.07) is 3.47. The molecule has 0 saturated carbocycles. The number of carboxylic acids is 1. The molecule has 0 radical (unpaired) electrons. The van der Waals surface area contributed by atoms with Crippen LogP contribution in [0.4, 0.5) is 0 Å². The van der Waals surface area contributed by atoms with Crippen LogP contribution in [0.15, 0.2) is 24.5 Å². The first-order chi connectivity index (χ1) is 9.94. The van der Waals surface area contributed by atoms with Gasteiger partial charge in [-0.2, -0.15) is 4.72 Å². The third-order valence-corrected chi connectivity index (χ3v) is 4.96. The van der Waals surface area contributed by atoms with Crippen LogP contribution < -0.4 is 4.72 Å². The Morgan fingerprint density at radius 2 is 1.95 bits per heavy atom. The average molecular weight is 314 g/mol. The molecule has 1 aromatic heterocycles. The molecule has 2 rings (SSSR count). The van der Waals surface area contributed by atoms with Crippen molar-refractivity contribution in [1.29, 1.82) is 0 Å². The van der Waals surface area contributed by atoms with Gasteiger partial charge in [0.05, 0.1) is 5.75 Å². The summed E-state index contributed by atoms with van der Waals surface area (Å²) in [5.41, 5.74) is -0.610. The molecule has 7 nitrogen and oxygen atoms in total. The van der Waals surface area contributed by atoms with E-state index in [1.54, 1.807) is 24.5 Å². The van der Waals surface area contributed by atoms with E-state index in [1.807, 2.05) is 0 Å². The van der Waals surface area contributed by atoms with Gasteiger partial charge in [-0.05, 0) is 24.1 Å². The molecule has 0 aliphatic carbocycles. The Bertz CT molecular complexity index is 582. The lowest BCUT2D eigenvalue weighted by Crippen LogP contribution is -2.57. The summed E-state index contributed by atoms with van der Waals surface area (Å²) in [7, 11) is -3.69. The fourth-order valence-corrected chi connectivity index (χ4v) is 3.72. The number of aliphatic carboxylic acids is 1. The topological polar surface area (TPSA) is 106 Å². The molecule has 0 atom stereocenters. The Hall–Kier alpha value is -1.51. The number of nitrogens with one attached hydrogen (secondary N) is 1. The molecule has 2 heterocycles. The Morgan fingerprint density at radius 3 is 2.52 bits per heavy atom. The standard InChI is InChI=1S/C13H18N2O5S/c16-12(17)13(4-8-20-9-5-13)15-21(18,19)10-3-11-1-6-14-7-2-11/h1-2,6-7,15H,3-5,8-10H2,(H,16,17). The minimum Gasteiger partial charge on any atom is -0.480 e. The van der Waals surface area contributed by atoms with Crippen molar-refractivity contribution in [2.45, 2.75) is 24.8 Å². The molecule has 0 bridgehead atoms. The highest BCUT2D eigenvalue weighted by Crippen LogP contribution is 2.22. The van der Waals surface area contributed by atoms with Crippen LogP contribution in [-0.2, 0) is 26.0 Å². The van der Waals surface area contributed by atoms with E-state index in [9.17, 15) is 18.3 Å². The number of pyridine rings is 1. The molecule has 0 spiro atoms. The number of nitrogens with zero attached hydrogens (tertiary/aromatic N) is 1. The van der Waals surface area contributed by atoms with Gasteiger partial charge in [0.2, 0.25) is 10.0 Å². The maximum Gasteiger partial charge on any atom is 0.325 e. The van der Waals surface area contributed by atoms with Gasteiger partial charge >= 0.3 is 5.97 Å². The molecule has 0 unspecified atom stereocenters. The van der Waals surface area contributed by atoms with Gasteiger partial charge in [0, 0.05) is 38.4 Å². The van der Waals surface area contributed by atoms with Crippen LogP contribution in [0.1, 0.15) is 18.4 Å². The van der Waals surface area contributed by atoms with Gasteiger partial charge in [0.1, 0.15) is 5.54 Å². The summed E-state index contributed by atoms with van der Waals surface area (Å²) in [5.74, 6) is -1.31. The summed E-state index contributed by atoms with van der Waals surface area (Å²) < 4.78 is 31.8. The highest BCUT2D eigenvalue weighted by atomic mass is 32.2. The fourth-order valence-electron chi connectivity index (χ4n) is 2.23. The van der Waals surface area contributed by atoms with Crippen LogP contribution in [0, 0.1) is 0 Å². The highest BCUT2D eigenvalue weighted by molar-refractivity contribution is 7.89. The Labute approximate surface area is 123 Å². The molecule has 2 N–H and O–H groups in total. The third kappa shape index (κ3) is 4.23. The summed E-state index contributed by atoms with van der Waals surface area (Å²) in [4.78, 5) is 15.3. The first kappa shape index (κ1) is 15.9. The van der Waals surface area contributed by atoms with E-state index < -0.39 is 21.5 Å². The lowest BCUT2D eigenvalue weighted by molar-refractivity contribution is -0.147. The monoisotopic (exact) mass is 314 g/mol. The predicted octanol–water partition coefficient (Wildman–Crippen LogP) is 0.177. The number of carbonyl (C=O) groups is 1. The average Bonchev–Trinajstić information content (AvgIpc) is 2.47. The Balaban J connectivity index is 2.03. The molecular formula is C13H18N2O5S. The van der Waals surface area contributed by atoms with Gasteiger partial charge in [0.25, 0.3) is 0 Å². The number of ether oxygens (including phenoxy) is 1. The van der Waals surface area contributed by atoms with E-state index in [0.29, 0.717) is 6.42 Å². The number of aryl methyl sites for hydroxylation is 1. The van der Waals surface area contributed by atoms with Crippen molar-refractivity contribution in [3.63, 3.8) is 0 Å². The van der Waals surface area contributed by atoms with Crippen LogP contribution in [0.3, 0.4) is 0 Å². The van der Waals surface area contributed by atoms with Crippen molar-refractivity contribution in [3.8, 4) is 0 Å². The van der Waals surface area contributed by atoms with Gasteiger partial charge in [0.15, 0.2) is 0 Å². The van der Waals surface area contributed by atoms with Crippen LogP contribution in [-0.4, -0.2) is 49.0 Å². The number of sulfonamides is 1. The van der Waals surface area contributed by atoms with Crippen LogP contribution >= 0.6 is 0 Å². The van der Waals surface area contributed by atoms with Gasteiger partial charge in [-0.15, -0.1) is 0 Å². The maximum atomic E-state index is 12.2. The van der Waals surface area contributed by atoms with Crippen molar-refractivity contribution in [2.75, 3.05) is 19.0 Å². The second-order valence-corrected chi connectivity index (χ2v) is 6.87. The summed E-state index contributed by atoms with van der Waals surface area (Å²) >= 11 is 0. The van der Waals surface area contributed by atoms with Gasteiger partial charge in [-0.3, -0.25) is 9.78 Å². The van der Waals surface area contributed by atoms with E-state index in [1.165, 1.54) is 0 Å². The molecular weight excluding hydrogens is 296 g/mol. The van der Waals surface area contributed by atoms with Crippen molar-refractivity contribution < 1.29 is 23.1 Å². The van der Waals surface area contributed by atoms with E-state index in [-0.39, 0.29) is 31.8 Å². The smallest absolute Gasteiger partial charge is 0.325 e. The van der Waals surface area contributed by atoms with E-state index >= 15 is 0 Å². The van der Waals surface area contributed by atoms with Crippen molar-refractivity contribution in [3.05, 3.63) is 30.1 Å². The fraction of sp³-hybridized carbons (Fsp3) is 0.538. The van der Waals surface area contributed by atoms with Crippen molar-refractivity contribution >= 4 is 16.0 Å². The molecule has 0 aromatic carbocycles. The summed E-state index contributed by atoms with van der Waals surface area (Å²) in [6.07, 6.45) is 3.76. The van der Waals surface area contributed by atoms with Gasteiger partial charge in [-0.25, -0.2) is 8.42 Å². The maximum absolute atomic E-state index is 12.2. The molecule has 21 heavy (non-hydrogen) atoms. The number of aromatic nitrogens is 1. The van der Waals surface area contributed by atoms with Gasteiger partial charge in [-0.1, -0.05) is 0 Å². The lowest BCUT2D eigenvalue weighted by atomic mass is 9.92. The third-order valence-electron chi connectivity index (χ3n) is 3.52. The van der Waals surface area contributed by atoms with Crippen LogP contribution in [0.5, 0.6) is 0 Å². The van der Waals surface area contributed by atoms with Gasteiger partial charge < -0.3 is 9.84 Å². The zero-order valence-electron chi connectivity index (χ0n) is 11.5. The second kappa shape index (κ2) is 6.50. The highest BCUT2D eigenvalue weighted by Gasteiger charge is 2.43. The summed E-state index contributed by atoms with van der Waals surface area (Å²) in [5, 5.41) is 9.35.